The molecule has 30 heavy (non-hydrogen) atoms. The Kier molecular flexibility index (Phi) is 6.05. The van der Waals surface area contributed by atoms with Gasteiger partial charge in [-0.2, -0.15) is 0 Å². The first-order chi connectivity index (χ1) is 14.7. The maximum Gasteiger partial charge on any atom is 0.275 e. The molecule has 0 atom stereocenters. The van der Waals surface area contributed by atoms with Crippen LogP contribution in [0.5, 0.6) is 5.75 Å². The second-order valence-electron chi connectivity index (χ2n) is 6.94. The second kappa shape index (κ2) is 9.05. The Morgan fingerprint density at radius 1 is 1.10 bits per heavy atom. The molecule has 0 radical (unpaired) electrons. The third kappa shape index (κ3) is 4.19. The van der Waals surface area contributed by atoms with E-state index in [4.69, 9.17) is 4.74 Å². The van der Waals surface area contributed by atoms with Gasteiger partial charge in [-0.1, -0.05) is 43.7 Å². The Bertz CT molecular complexity index is 1170. The molecule has 0 aliphatic rings. The fourth-order valence-corrected chi connectivity index (χ4v) is 4.17. The number of ether oxygens (including phenoxy) is 1. The Hall–Kier alpha value is -3.25. The lowest BCUT2D eigenvalue weighted by Crippen LogP contribution is -2.14. The maximum atomic E-state index is 13.1. The van der Waals surface area contributed by atoms with Crippen LogP contribution in [0.1, 0.15) is 35.3 Å². The monoisotopic (exact) mass is 417 g/mol. The molecule has 2 aromatic heterocycles. The van der Waals surface area contributed by atoms with E-state index in [-0.39, 0.29) is 5.91 Å². The number of amides is 1. The van der Waals surface area contributed by atoms with Crippen molar-refractivity contribution in [3.63, 3.8) is 0 Å². The van der Waals surface area contributed by atoms with Gasteiger partial charge in [-0.25, -0.2) is 4.98 Å². The fraction of sp³-hybridized carbons (Fsp3) is 0.208. The highest BCUT2D eigenvalue weighted by atomic mass is 32.1. The molecular formula is C24H23N3O2S. The highest BCUT2D eigenvalue weighted by Crippen LogP contribution is 2.33. The van der Waals surface area contributed by atoms with Crippen LogP contribution in [0.4, 0.5) is 5.69 Å². The first-order valence-electron chi connectivity index (χ1n) is 10.0. The van der Waals surface area contributed by atoms with Crippen LogP contribution in [0.15, 0.2) is 60.8 Å². The fourth-order valence-electron chi connectivity index (χ4n) is 3.25. The summed E-state index contributed by atoms with van der Waals surface area (Å²) in [7, 11) is 0. The lowest BCUT2D eigenvalue weighted by atomic mass is 10.1. The van der Waals surface area contributed by atoms with Crippen molar-refractivity contribution in [1.82, 2.24) is 9.97 Å². The number of carbonyl (C=O) groups excluding carboxylic acids is 1. The van der Waals surface area contributed by atoms with Gasteiger partial charge in [0.1, 0.15) is 17.0 Å². The number of unbranched alkanes of at least 4 members (excludes halogenated alkanes) is 1. The minimum atomic E-state index is -0.233. The Balaban J connectivity index is 1.66. The van der Waals surface area contributed by atoms with Crippen LogP contribution < -0.4 is 10.1 Å². The molecule has 0 saturated heterocycles. The topological polar surface area (TPSA) is 64.1 Å². The number of thiazole rings is 1. The van der Waals surface area contributed by atoms with Crippen LogP contribution in [0.3, 0.4) is 0 Å². The molecule has 5 nitrogen and oxygen atoms in total. The number of hydrogen-bond acceptors (Lipinski definition) is 5. The number of anilines is 1. The molecule has 0 spiro atoms. The highest BCUT2D eigenvalue weighted by Gasteiger charge is 2.19. The van der Waals surface area contributed by atoms with Crippen molar-refractivity contribution >= 4 is 33.8 Å². The van der Waals surface area contributed by atoms with Gasteiger partial charge in [-0.15, -0.1) is 11.3 Å². The molecule has 0 saturated carbocycles. The number of rotatable bonds is 7. The number of nitrogens with zero attached hydrogens (tertiary/aromatic N) is 2. The van der Waals surface area contributed by atoms with Gasteiger partial charge in [0, 0.05) is 11.6 Å². The number of carbonyl (C=O) groups is 1. The molecule has 0 aliphatic heterocycles. The molecule has 1 N–H and O–H groups in total. The minimum Gasteiger partial charge on any atom is -0.491 e. The standard InChI is InChI=1S/C24H23N3O2S/c1-3-4-15-29-20-13-12-19(18-11-8-14-25-21(18)20)27-24(28)22-23(30-16(2)26-22)17-9-6-5-7-10-17/h5-14H,3-4,15H2,1-2H3,(H,27,28). The summed E-state index contributed by atoms with van der Waals surface area (Å²) in [6, 6.07) is 17.4. The molecule has 0 fully saturated rings. The summed E-state index contributed by atoms with van der Waals surface area (Å²) in [6.45, 7) is 4.68. The van der Waals surface area contributed by atoms with E-state index in [0.29, 0.717) is 18.0 Å². The lowest BCUT2D eigenvalue weighted by molar-refractivity contribution is 0.102. The minimum absolute atomic E-state index is 0.233. The number of hydrogen-bond donors (Lipinski definition) is 1. The molecule has 6 heteroatoms. The van der Waals surface area contributed by atoms with Crippen molar-refractivity contribution in [2.45, 2.75) is 26.7 Å². The normalized spacial score (nSPS) is 10.9. The van der Waals surface area contributed by atoms with E-state index in [1.807, 2.05) is 61.5 Å². The first-order valence-corrected chi connectivity index (χ1v) is 10.8. The maximum absolute atomic E-state index is 13.1. The van der Waals surface area contributed by atoms with E-state index in [2.05, 4.69) is 22.2 Å². The predicted molar refractivity (Wildman–Crippen MR) is 122 cm³/mol. The Morgan fingerprint density at radius 3 is 2.73 bits per heavy atom. The zero-order valence-electron chi connectivity index (χ0n) is 17.0. The van der Waals surface area contributed by atoms with Crippen LogP contribution in [0, 0.1) is 6.92 Å². The van der Waals surface area contributed by atoms with Gasteiger partial charge in [0.15, 0.2) is 0 Å². The molecular weight excluding hydrogens is 394 g/mol. The van der Waals surface area contributed by atoms with Crippen molar-refractivity contribution in [1.29, 1.82) is 0 Å². The first kappa shape index (κ1) is 20.0. The van der Waals surface area contributed by atoms with Crippen molar-refractivity contribution < 1.29 is 9.53 Å². The zero-order chi connectivity index (χ0) is 20.9. The summed E-state index contributed by atoms with van der Waals surface area (Å²) in [5.41, 5.74) is 2.85. The Labute approximate surface area is 179 Å². The van der Waals surface area contributed by atoms with E-state index >= 15 is 0 Å². The number of nitrogens with one attached hydrogen (secondary N) is 1. The molecule has 0 bridgehead atoms. The van der Waals surface area contributed by atoms with Gasteiger partial charge in [0.25, 0.3) is 5.91 Å². The Morgan fingerprint density at radius 2 is 1.93 bits per heavy atom. The quantitative estimate of drug-likeness (QED) is 0.369. The largest absolute Gasteiger partial charge is 0.491 e. The van der Waals surface area contributed by atoms with Gasteiger partial charge >= 0.3 is 0 Å². The zero-order valence-corrected chi connectivity index (χ0v) is 17.8. The molecule has 0 unspecified atom stereocenters. The second-order valence-corrected chi connectivity index (χ2v) is 8.15. The van der Waals surface area contributed by atoms with Crippen molar-refractivity contribution in [2.75, 3.05) is 11.9 Å². The number of aryl methyl sites for hydroxylation is 1. The van der Waals surface area contributed by atoms with Gasteiger partial charge in [-0.05, 0) is 43.2 Å². The van der Waals surface area contributed by atoms with Crippen LogP contribution in [-0.4, -0.2) is 22.5 Å². The third-order valence-electron chi connectivity index (χ3n) is 4.72. The van der Waals surface area contributed by atoms with E-state index in [9.17, 15) is 4.79 Å². The smallest absolute Gasteiger partial charge is 0.275 e. The predicted octanol–water partition coefficient (Wildman–Crippen LogP) is 6.10. The van der Waals surface area contributed by atoms with Crippen LogP contribution in [0.25, 0.3) is 21.3 Å². The average Bonchev–Trinajstić information content (AvgIpc) is 3.18. The van der Waals surface area contributed by atoms with Crippen molar-refractivity contribution in [2.24, 2.45) is 0 Å². The number of aromatic nitrogens is 2. The molecule has 4 aromatic rings. The number of pyridine rings is 1. The summed E-state index contributed by atoms with van der Waals surface area (Å²) in [5, 5.41) is 4.72. The number of benzene rings is 2. The summed E-state index contributed by atoms with van der Waals surface area (Å²) < 4.78 is 5.90. The van der Waals surface area contributed by atoms with Crippen LogP contribution >= 0.6 is 11.3 Å². The summed E-state index contributed by atoms with van der Waals surface area (Å²) >= 11 is 1.52. The van der Waals surface area contributed by atoms with Crippen molar-refractivity contribution in [3.05, 3.63) is 71.5 Å². The molecule has 0 aliphatic carbocycles. The van der Waals surface area contributed by atoms with Crippen LogP contribution in [0.2, 0.25) is 0 Å². The molecule has 2 aromatic carbocycles. The molecule has 2 heterocycles. The SMILES string of the molecule is CCCCOc1ccc(NC(=O)c2nc(C)sc2-c2ccccc2)c2cccnc12. The van der Waals surface area contributed by atoms with Gasteiger partial charge < -0.3 is 10.1 Å². The molecule has 4 rings (SSSR count). The van der Waals surface area contributed by atoms with Gasteiger partial charge in [-0.3, -0.25) is 9.78 Å². The average molecular weight is 418 g/mol. The highest BCUT2D eigenvalue weighted by molar-refractivity contribution is 7.15. The van der Waals surface area contributed by atoms with Gasteiger partial charge in [0.05, 0.1) is 22.2 Å². The van der Waals surface area contributed by atoms with E-state index in [1.54, 1.807) is 6.20 Å². The van der Waals surface area contributed by atoms with Gasteiger partial charge in [0.2, 0.25) is 0 Å². The lowest BCUT2D eigenvalue weighted by Gasteiger charge is -2.12. The van der Waals surface area contributed by atoms with E-state index < -0.39 is 0 Å². The number of fused-ring (bicyclic) bond motifs is 1. The van der Waals surface area contributed by atoms with E-state index in [1.165, 1.54) is 11.3 Å². The summed E-state index contributed by atoms with van der Waals surface area (Å²) in [6.07, 6.45) is 3.78. The van der Waals surface area contributed by atoms with Crippen LogP contribution in [-0.2, 0) is 0 Å². The summed E-state index contributed by atoms with van der Waals surface area (Å²) in [5.74, 6) is 0.495. The van der Waals surface area contributed by atoms with Crippen molar-refractivity contribution in [3.8, 4) is 16.2 Å². The molecule has 1 amide bonds. The van der Waals surface area contributed by atoms with E-state index in [0.717, 1.165) is 44.9 Å². The summed E-state index contributed by atoms with van der Waals surface area (Å²) in [4.78, 5) is 23.0. The third-order valence-corrected chi connectivity index (χ3v) is 5.74. The molecule has 152 valence electrons.